The van der Waals surface area contributed by atoms with Gasteiger partial charge in [-0.1, -0.05) is 19.1 Å². The van der Waals surface area contributed by atoms with E-state index in [2.05, 4.69) is 10.3 Å². The van der Waals surface area contributed by atoms with Crippen LogP contribution in [-0.2, 0) is 6.54 Å². The fraction of sp³-hybridized carbons (Fsp3) is 0.286. The standard InChI is InChI=1S/C14H17N3OS.ClH/c1-2-12(14-16-7-8-19-14)17-13(18)11-5-3-10(9-15)4-6-11;/h3-8,12H,2,9,15H2,1H3,(H,17,18);1H. The summed E-state index contributed by atoms with van der Waals surface area (Å²) in [4.78, 5) is 16.4. The van der Waals surface area contributed by atoms with Gasteiger partial charge in [0.25, 0.3) is 5.91 Å². The van der Waals surface area contributed by atoms with Crippen LogP contribution in [0.25, 0.3) is 0 Å². The number of benzene rings is 1. The van der Waals surface area contributed by atoms with Crippen LogP contribution in [0.2, 0.25) is 0 Å². The minimum atomic E-state index is -0.0781. The van der Waals surface area contributed by atoms with Crippen molar-refractivity contribution in [3.8, 4) is 0 Å². The topological polar surface area (TPSA) is 68.0 Å². The lowest BCUT2D eigenvalue weighted by Gasteiger charge is -2.14. The molecule has 1 atom stereocenters. The first-order valence-electron chi connectivity index (χ1n) is 6.23. The molecule has 20 heavy (non-hydrogen) atoms. The smallest absolute Gasteiger partial charge is 0.251 e. The second-order valence-corrected chi connectivity index (χ2v) is 5.13. The van der Waals surface area contributed by atoms with E-state index in [1.165, 1.54) is 0 Å². The van der Waals surface area contributed by atoms with E-state index in [0.717, 1.165) is 17.0 Å². The Morgan fingerprint density at radius 1 is 1.40 bits per heavy atom. The van der Waals surface area contributed by atoms with E-state index >= 15 is 0 Å². The Balaban J connectivity index is 0.00000200. The van der Waals surface area contributed by atoms with E-state index in [0.29, 0.717) is 12.1 Å². The van der Waals surface area contributed by atoms with Gasteiger partial charge in [-0.05, 0) is 24.1 Å². The van der Waals surface area contributed by atoms with Gasteiger partial charge < -0.3 is 11.1 Å². The minimum Gasteiger partial charge on any atom is -0.343 e. The van der Waals surface area contributed by atoms with Crippen LogP contribution in [0.4, 0.5) is 0 Å². The first-order valence-corrected chi connectivity index (χ1v) is 7.11. The van der Waals surface area contributed by atoms with Crippen LogP contribution in [0.3, 0.4) is 0 Å². The summed E-state index contributed by atoms with van der Waals surface area (Å²) in [5.41, 5.74) is 7.20. The van der Waals surface area contributed by atoms with Crippen molar-refractivity contribution in [2.45, 2.75) is 25.9 Å². The molecule has 1 aromatic carbocycles. The Bertz CT molecular complexity index is 528. The number of hydrogen-bond donors (Lipinski definition) is 2. The molecule has 1 unspecified atom stereocenters. The van der Waals surface area contributed by atoms with Crippen LogP contribution in [0.1, 0.15) is 40.3 Å². The summed E-state index contributed by atoms with van der Waals surface area (Å²) in [5.74, 6) is -0.0781. The van der Waals surface area contributed by atoms with Gasteiger partial charge in [0, 0.05) is 23.7 Å². The van der Waals surface area contributed by atoms with E-state index in [4.69, 9.17) is 5.73 Å². The van der Waals surface area contributed by atoms with Gasteiger partial charge in [-0.2, -0.15) is 0 Å². The Morgan fingerprint density at radius 2 is 2.10 bits per heavy atom. The Kier molecular flexibility index (Phi) is 6.64. The number of carbonyl (C=O) groups is 1. The summed E-state index contributed by atoms with van der Waals surface area (Å²) in [6.45, 7) is 2.52. The van der Waals surface area contributed by atoms with Crippen LogP contribution >= 0.6 is 23.7 Å². The summed E-state index contributed by atoms with van der Waals surface area (Å²) in [6, 6.07) is 7.32. The maximum Gasteiger partial charge on any atom is 0.251 e. The molecule has 0 aliphatic rings. The van der Waals surface area contributed by atoms with Crippen molar-refractivity contribution in [2.75, 3.05) is 0 Å². The largest absolute Gasteiger partial charge is 0.343 e. The molecule has 3 N–H and O–H groups in total. The summed E-state index contributed by atoms with van der Waals surface area (Å²) in [6.07, 6.45) is 2.57. The van der Waals surface area contributed by atoms with Crippen molar-refractivity contribution in [3.05, 3.63) is 52.0 Å². The molecule has 0 saturated carbocycles. The molecule has 4 nitrogen and oxygen atoms in total. The van der Waals surface area contributed by atoms with E-state index in [9.17, 15) is 4.79 Å². The third kappa shape index (κ3) is 4.03. The molecule has 0 bridgehead atoms. The Labute approximate surface area is 128 Å². The molecule has 0 spiro atoms. The van der Waals surface area contributed by atoms with Gasteiger partial charge in [-0.3, -0.25) is 4.79 Å². The molecular weight excluding hydrogens is 294 g/mol. The van der Waals surface area contributed by atoms with E-state index in [-0.39, 0.29) is 24.4 Å². The molecule has 0 radical (unpaired) electrons. The van der Waals surface area contributed by atoms with Gasteiger partial charge in [0.05, 0.1) is 6.04 Å². The van der Waals surface area contributed by atoms with Crippen molar-refractivity contribution < 1.29 is 4.79 Å². The molecule has 0 saturated heterocycles. The van der Waals surface area contributed by atoms with Crippen molar-refractivity contribution in [2.24, 2.45) is 5.73 Å². The number of nitrogens with one attached hydrogen (secondary N) is 1. The Morgan fingerprint density at radius 3 is 2.60 bits per heavy atom. The molecule has 108 valence electrons. The van der Waals surface area contributed by atoms with Gasteiger partial charge in [-0.15, -0.1) is 23.7 Å². The van der Waals surface area contributed by atoms with Gasteiger partial charge in [-0.25, -0.2) is 4.98 Å². The van der Waals surface area contributed by atoms with E-state index < -0.39 is 0 Å². The molecule has 0 aliphatic heterocycles. The molecule has 1 aromatic heterocycles. The minimum absolute atomic E-state index is 0. The zero-order valence-corrected chi connectivity index (χ0v) is 12.8. The normalized spacial score (nSPS) is 11.5. The number of rotatable bonds is 5. The van der Waals surface area contributed by atoms with Gasteiger partial charge in [0.1, 0.15) is 5.01 Å². The zero-order valence-electron chi connectivity index (χ0n) is 11.2. The second kappa shape index (κ2) is 7.99. The first-order chi connectivity index (χ1) is 9.24. The number of amides is 1. The number of halogens is 1. The van der Waals surface area contributed by atoms with E-state index in [1.807, 2.05) is 24.4 Å². The molecule has 1 heterocycles. The third-order valence-corrected chi connectivity index (χ3v) is 3.80. The number of nitrogens with two attached hydrogens (primary N) is 1. The predicted molar refractivity (Wildman–Crippen MR) is 84.2 cm³/mol. The lowest BCUT2D eigenvalue weighted by atomic mass is 10.1. The average Bonchev–Trinajstić information content (AvgIpc) is 2.98. The third-order valence-electron chi connectivity index (χ3n) is 2.91. The van der Waals surface area contributed by atoms with Crippen molar-refractivity contribution in [3.63, 3.8) is 0 Å². The van der Waals surface area contributed by atoms with Crippen LogP contribution in [0.15, 0.2) is 35.8 Å². The fourth-order valence-corrected chi connectivity index (χ4v) is 2.55. The highest BCUT2D eigenvalue weighted by atomic mass is 35.5. The Hall–Kier alpha value is -1.43. The number of thiazole rings is 1. The van der Waals surface area contributed by atoms with Crippen molar-refractivity contribution >= 4 is 29.7 Å². The number of nitrogens with zero attached hydrogens (tertiary/aromatic N) is 1. The van der Waals surface area contributed by atoms with Crippen LogP contribution in [0, 0.1) is 0 Å². The van der Waals surface area contributed by atoms with Gasteiger partial charge in [0.2, 0.25) is 0 Å². The molecule has 6 heteroatoms. The second-order valence-electron chi connectivity index (χ2n) is 4.21. The van der Waals surface area contributed by atoms with Crippen LogP contribution in [-0.4, -0.2) is 10.9 Å². The highest BCUT2D eigenvalue weighted by molar-refractivity contribution is 7.09. The lowest BCUT2D eigenvalue weighted by molar-refractivity contribution is 0.0935. The van der Waals surface area contributed by atoms with Gasteiger partial charge >= 0.3 is 0 Å². The first kappa shape index (κ1) is 16.6. The molecular formula is C14H18ClN3OS. The quantitative estimate of drug-likeness (QED) is 0.892. The molecule has 2 aromatic rings. The van der Waals surface area contributed by atoms with E-state index in [1.54, 1.807) is 29.7 Å². The fourth-order valence-electron chi connectivity index (χ4n) is 1.78. The zero-order chi connectivity index (χ0) is 13.7. The summed E-state index contributed by atoms with van der Waals surface area (Å²) in [5, 5.41) is 5.86. The number of aromatic nitrogens is 1. The predicted octanol–water partition coefficient (Wildman–Crippen LogP) is 2.90. The maximum absolute atomic E-state index is 12.1. The highest BCUT2D eigenvalue weighted by Gasteiger charge is 2.15. The summed E-state index contributed by atoms with van der Waals surface area (Å²) >= 11 is 1.56. The number of carbonyl (C=O) groups excluding carboxylic acids is 1. The summed E-state index contributed by atoms with van der Waals surface area (Å²) in [7, 11) is 0. The number of hydrogen-bond acceptors (Lipinski definition) is 4. The molecule has 0 fully saturated rings. The van der Waals surface area contributed by atoms with Crippen LogP contribution in [0.5, 0.6) is 0 Å². The summed E-state index contributed by atoms with van der Waals surface area (Å²) < 4.78 is 0. The maximum atomic E-state index is 12.1. The molecule has 2 rings (SSSR count). The van der Waals surface area contributed by atoms with Crippen LogP contribution < -0.4 is 11.1 Å². The van der Waals surface area contributed by atoms with Gasteiger partial charge in [0.15, 0.2) is 0 Å². The highest BCUT2D eigenvalue weighted by Crippen LogP contribution is 2.19. The van der Waals surface area contributed by atoms with Crippen molar-refractivity contribution in [1.82, 2.24) is 10.3 Å². The lowest BCUT2D eigenvalue weighted by Crippen LogP contribution is -2.28. The average molecular weight is 312 g/mol. The SMILES string of the molecule is CCC(NC(=O)c1ccc(CN)cc1)c1nccs1.Cl. The molecule has 1 amide bonds. The molecule has 0 aliphatic carbocycles. The van der Waals surface area contributed by atoms with Crippen molar-refractivity contribution in [1.29, 1.82) is 0 Å². The monoisotopic (exact) mass is 311 g/mol.